The van der Waals surface area contributed by atoms with Crippen molar-refractivity contribution in [2.75, 3.05) is 11.5 Å². The molecule has 1 fully saturated rings. The third kappa shape index (κ3) is 4.40. The minimum absolute atomic E-state index is 0.0193. The number of amides is 1. The van der Waals surface area contributed by atoms with Crippen LogP contribution in [0.25, 0.3) is 0 Å². The molecule has 0 bridgehead atoms. The van der Waals surface area contributed by atoms with Gasteiger partial charge in [-0.25, -0.2) is 13.4 Å². The Bertz CT molecular complexity index is 929. The highest BCUT2D eigenvalue weighted by Crippen LogP contribution is 2.28. The molecule has 1 aliphatic heterocycles. The first-order chi connectivity index (χ1) is 12.7. The Hall–Kier alpha value is -2.16. The maximum Gasteiger partial charge on any atom is 0.222 e. The minimum atomic E-state index is -3.21. The van der Waals surface area contributed by atoms with Crippen molar-refractivity contribution >= 4 is 15.7 Å². The number of imidazole rings is 1. The maximum absolute atomic E-state index is 12.5. The number of aryl methyl sites for hydroxylation is 3. The molecular weight excluding hydrogens is 366 g/mol. The van der Waals surface area contributed by atoms with E-state index < -0.39 is 15.9 Å². The zero-order valence-electron chi connectivity index (χ0n) is 16.2. The number of sulfone groups is 1. The fourth-order valence-corrected chi connectivity index (χ4v) is 5.58. The van der Waals surface area contributed by atoms with E-state index >= 15 is 0 Å². The number of nitrogens with one attached hydrogen (secondary N) is 1. The molecule has 9 heteroatoms. The second-order valence-electron chi connectivity index (χ2n) is 7.57. The van der Waals surface area contributed by atoms with Gasteiger partial charge in [-0.1, -0.05) is 13.8 Å². The highest BCUT2D eigenvalue weighted by molar-refractivity contribution is 7.91. The van der Waals surface area contributed by atoms with Gasteiger partial charge in [-0.15, -0.1) is 0 Å². The van der Waals surface area contributed by atoms with Crippen molar-refractivity contribution in [3.63, 3.8) is 0 Å². The molecule has 0 aromatic carbocycles. The van der Waals surface area contributed by atoms with Crippen LogP contribution in [0.15, 0.2) is 18.5 Å². The largest absolute Gasteiger partial charge is 0.350 e. The molecule has 0 saturated carbocycles. The minimum Gasteiger partial charge on any atom is -0.350 e. The summed E-state index contributed by atoms with van der Waals surface area (Å²) in [6.07, 6.45) is 3.74. The highest BCUT2D eigenvalue weighted by atomic mass is 32.2. The van der Waals surface area contributed by atoms with Crippen LogP contribution in [-0.2, 0) is 21.2 Å². The summed E-state index contributed by atoms with van der Waals surface area (Å²) in [6, 6.07) is 1.19. The van der Waals surface area contributed by atoms with Gasteiger partial charge >= 0.3 is 0 Å². The lowest BCUT2D eigenvalue weighted by Gasteiger charge is -2.23. The summed E-state index contributed by atoms with van der Waals surface area (Å²) >= 11 is 0. The molecule has 1 aliphatic rings. The average molecular weight is 394 g/mol. The van der Waals surface area contributed by atoms with Crippen molar-refractivity contribution < 1.29 is 13.2 Å². The van der Waals surface area contributed by atoms with Gasteiger partial charge in [0.2, 0.25) is 5.91 Å². The van der Waals surface area contributed by atoms with E-state index in [0.29, 0.717) is 6.54 Å². The lowest BCUT2D eigenvalue weighted by Crippen LogP contribution is -2.41. The summed E-state index contributed by atoms with van der Waals surface area (Å²) in [6.45, 7) is 8.37. The van der Waals surface area contributed by atoms with Crippen LogP contribution in [0.4, 0.5) is 0 Å². The Labute approximate surface area is 159 Å². The maximum atomic E-state index is 12.5. The molecule has 1 N–H and O–H groups in total. The SMILES string of the molecule is Cc1cc(C)n(CCC(=O)N[C@H]2CS(=O)(=O)C[C@H]2n2ccnc2C(C)C)n1. The number of hydrogen-bond acceptors (Lipinski definition) is 5. The third-order valence-corrected chi connectivity index (χ3v) is 6.61. The van der Waals surface area contributed by atoms with Crippen LogP contribution in [0, 0.1) is 13.8 Å². The summed E-state index contributed by atoms with van der Waals surface area (Å²) in [5.74, 6) is 0.815. The van der Waals surface area contributed by atoms with Crippen molar-refractivity contribution in [3.8, 4) is 0 Å². The van der Waals surface area contributed by atoms with Gasteiger partial charge < -0.3 is 9.88 Å². The van der Waals surface area contributed by atoms with Crippen molar-refractivity contribution in [2.24, 2.45) is 0 Å². The van der Waals surface area contributed by atoms with Crippen molar-refractivity contribution in [3.05, 3.63) is 35.7 Å². The quantitative estimate of drug-likeness (QED) is 0.799. The van der Waals surface area contributed by atoms with Gasteiger partial charge in [0, 0.05) is 37.0 Å². The van der Waals surface area contributed by atoms with Gasteiger partial charge in [-0.05, 0) is 19.9 Å². The number of nitrogens with zero attached hydrogens (tertiary/aromatic N) is 4. The van der Waals surface area contributed by atoms with Crippen molar-refractivity contribution in [1.29, 1.82) is 0 Å². The predicted octanol–water partition coefficient (Wildman–Crippen LogP) is 1.36. The smallest absolute Gasteiger partial charge is 0.222 e. The monoisotopic (exact) mass is 393 g/mol. The molecular formula is C18H27N5O3S. The van der Waals surface area contributed by atoms with Gasteiger partial charge in [0.1, 0.15) is 5.82 Å². The van der Waals surface area contributed by atoms with E-state index in [2.05, 4.69) is 15.4 Å². The van der Waals surface area contributed by atoms with Gasteiger partial charge in [0.25, 0.3) is 0 Å². The van der Waals surface area contributed by atoms with Gasteiger partial charge in [-0.3, -0.25) is 9.48 Å². The molecule has 148 valence electrons. The van der Waals surface area contributed by atoms with Crippen LogP contribution >= 0.6 is 0 Å². The molecule has 0 aliphatic carbocycles. The summed E-state index contributed by atoms with van der Waals surface area (Å²) in [5.41, 5.74) is 1.91. The summed E-state index contributed by atoms with van der Waals surface area (Å²) in [5, 5.41) is 7.28. The molecule has 3 rings (SSSR count). The molecule has 1 saturated heterocycles. The van der Waals surface area contributed by atoms with Crippen LogP contribution in [-0.4, -0.2) is 51.2 Å². The van der Waals surface area contributed by atoms with E-state index in [0.717, 1.165) is 17.2 Å². The Kier molecular flexibility index (Phi) is 5.41. The molecule has 2 aromatic heterocycles. The molecule has 1 amide bonds. The first-order valence-electron chi connectivity index (χ1n) is 9.20. The number of hydrogen-bond donors (Lipinski definition) is 1. The summed E-state index contributed by atoms with van der Waals surface area (Å²) < 4.78 is 28.2. The highest BCUT2D eigenvalue weighted by Gasteiger charge is 2.40. The van der Waals surface area contributed by atoms with Crippen LogP contribution < -0.4 is 5.32 Å². The molecule has 0 unspecified atom stereocenters. The fourth-order valence-electron chi connectivity index (χ4n) is 3.68. The summed E-state index contributed by atoms with van der Waals surface area (Å²) in [4.78, 5) is 16.8. The molecule has 27 heavy (non-hydrogen) atoms. The second-order valence-corrected chi connectivity index (χ2v) is 9.72. The van der Waals surface area contributed by atoms with E-state index in [4.69, 9.17) is 0 Å². The Balaban J connectivity index is 1.70. The molecule has 2 aromatic rings. The Morgan fingerprint density at radius 1 is 1.33 bits per heavy atom. The van der Waals surface area contributed by atoms with Gasteiger partial charge in [0.15, 0.2) is 9.84 Å². The van der Waals surface area contributed by atoms with Gasteiger partial charge in [-0.2, -0.15) is 5.10 Å². The van der Waals surface area contributed by atoms with Gasteiger partial charge in [0.05, 0.1) is 29.3 Å². The topological polar surface area (TPSA) is 98.9 Å². The molecule has 8 nitrogen and oxygen atoms in total. The average Bonchev–Trinajstić information content (AvgIpc) is 3.22. The van der Waals surface area contributed by atoms with E-state index in [1.807, 2.05) is 38.3 Å². The third-order valence-electron chi connectivity index (χ3n) is 4.90. The lowest BCUT2D eigenvalue weighted by atomic mass is 10.1. The predicted molar refractivity (Wildman–Crippen MR) is 102 cm³/mol. The first kappa shape index (κ1) is 19.6. The Morgan fingerprint density at radius 3 is 2.70 bits per heavy atom. The number of rotatable bonds is 6. The van der Waals surface area contributed by atoms with E-state index in [9.17, 15) is 13.2 Å². The van der Waals surface area contributed by atoms with E-state index in [1.165, 1.54) is 0 Å². The fraction of sp³-hybridized carbons (Fsp3) is 0.611. The number of carbonyl (C=O) groups excluding carboxylic acids is 1. The Morgan fingerprint density at radius 2 is 2.07 bits per heavy atom. The zero-order chi connectivity index (χ0) is 19.8. The van der Waals surface area contributed by atoms with Crippen LogP contribution in [0.3, 0.4) is 0 Å². The number of carbonyl (C=O) groups is 1. The molecule has 0 spiro atoms. The van der Waals surface area contributed by atoms with E-state index in [-0.39, 0.29) is 35.8 Å². The van der Waals surface area contributed by atoms with Crippen LogP contribution in [0.1, 0.15) is 49.4 Å². The second kappa shape index (κ2) is 7.46. The van der Waals surface area contributed by atoms with Crippen molar-refractivity contribution in [2.45, 2.75) is 58.7 Å². The normalized spacial score (nSPS) is 21.7. The molecule has 0 radical (unpaired) electrons. The van der Waals surface area contributed by atoms with Crippen LogP contribution in [0.5, 0.6) is 0 Å². The summed E-state index contributed by atoms with van der Waals surface area (Å²) in [7, 11) is -3.21. The molecule has 2 atom stereocenters. The number of aromatic nitrogens is 4. The standard InChI is InChI=1S/C18H27N5O3S/c1-12(2)18-19-6-8-22(18)16-11-27(25,26)10-15(16)20-17(24)5-7-23-14(4)9-13(3)21-23/h6,8-9,12,15-16H,5,7,10-11H2,1-4H3,(H,20,24)/t15-,16+/m0/s1. The van der Waals surface area contributed by atoms with E-state index in [1.54, 1.807) is 17.1 Å². The zero-order valence-corrected chi connectivity index (χ0v) is 17.0. The van der Waals surface area contributed by atoms with Crippen LogP contribution in [0.2, 0.25) is 0 Å². The lowest BCUT2D eigenvalue weighted by molar-refractivity contribution is -0.122. The molecule has 3 heterocycles. The first-order valence-corrected chi connectivity index (χ1v) is 11.0. The van der Waals surface area contributed by atoms with Crippen molar-refractivity contribution in [1.82, 2.24) is 24.6 Å².